The molecule has 4 heteroatoms. The summed E-state index contributed by atoms with van der Waals surface area (Å²) in [5, 5.41) is 1.52. The Bertz CT molecular complexity index is 659. The molecule has 0 aliphatic heterocycles. The quantitative estimate of drug-likeness (QED) is 0.834. The van der Waals surface area contributed by atoms with Crippen molar-refractivity contribution in [2.75, 3.05) is 0 Å². The van der Waals surface area contributed by atoms with Gasteiger partial charge in [-0.25, -0.2) is 0 Å². The molecule has 17 heavy (non-hydrogen) atoms. The Balaban J connectivity index is 3.08. The van der Waals surface area contributed by atoms with Crippen LogP contribution in [0.3, 0.4) is 0 Å². The minimum Gasteiger partial charge on any atom is -0.357 e. The molecule has 0 saturated carbocycles. The molecule has 2 aromatic rings. The number of aryl methyl sites for hydroxylation is 2. The van der Waals surface area contributed by atoms with E-state index >= 15 is 0 Å². The van der Waals surface area contributed by atoms with Gasteiger partial charge in [0.05, 0.1) is 20.9 Å². The second-order valence-electron chi connectivity index (χ2n) is 4.15. The van der Waals surface area contributed by atoms with E-state index in [4.69, 9.17) is 23.2 Å². The minimum atomic E-state index is -0.0191. The maximum atomic E-state index is 12.3. The average Bonchev–Trinajstić information content (AvgIpc) is 2.26. The number of hydrogen-bond acceptors (Lipinski definition) is 1. The summed E-state index contributed by atoms with van der Waals surface area (Å²) in [6.45, 7) is 5.68. The summed E-state index contributed by atoms with van der Waals surface area (Å²) in [7, 11) is 0. The van der Waals surface area contributed by atoms with E-state index in [0.29, 0.717) is 27.4 Å². The van der Waals surface area contributed by atoms with Crippen LogP contribution in [-0.4, -0.2) is 4.98 Å². The highest BCUT2D eigenvalue weighted by Crippen LogP contribution is 2.30. The number of benzene rings is 1. The van der Waals surface area contributed by atoms with Gasteiger partial charge < -0.3 is 4.98 Å². The van der Waals surface area contributed by atoms with Gasteiger partial charge in [0.15, 0.2) is 5.43 Å². The molecule has 0 spiro atoms. The third-order valence-electron chi connectivity index (χ3n) is 3.02. The fraction of sp³-hybridized carbons (Fsp3) is 0.308. The zero-order valence-corrected chi connectivity index (χ0v) is 11.5. The Morgan fingerprint density at radius 2 is 1.94 bits per heavy atom. The highest BCUT2D eigenvalue weighted by molar-refractivity contribution is 6.40. The lowest BCUT2D eigenvalue weighted by atomic mass is 10.0. The third-order valence-corrected chi connectivity index (χ3v) is 3.80. The Kier molecular flexibility index (Phi) is 3.19. The Morgan fingerprint density at radius 1 is 1.29 bits per heavy atom. The van der Waals surface area contributed by atoms with Crippen LogP contribution >= 0.6 is 23.2 Å². The fourth-order valence-corrected chi connectivity index (χ4v) is 2.64. The second kappa shape index (κ2) is 4.35. The molecule has 2 rings (SSSR count). The molecule has 0 aliphatic rings. The van der Waals surface area contributed by atoms with Crippen LogP contribution in [0.1, 0.15) is 23.7 Å². The van der Waals surface area contributed by atoms with Crippen LogP contribution in [0.5, 0.6) is 0 Å². The maximum Gasteiger partial charge on any atom is 0.194 e. The molecule has 0 atom stereocenters. The Hall–Kier alpha value is -0.990. The van der Waals surface area contributed by atoms with Crippen molar-refractivity contribution in [1.82, 2.24) is 4.98 Å². The molecular formula is C13H13Cl2NO. The number of aromatic amines is 1. The van der Waals surface area contributed by atoms with Crippen LogP contribution in [0.2, 0.25) is 10.0 Å². The molecule has 2 nitrogen and oxygen atoms in total. The lowest BCUT2D eigenvalue weighted by Gasteiger charge is -2.10. The zero-order chi connectivity index (χ0) is 12.7. The molecule has 0 bridgehead atoms. The zero-order valence-electron chi connectivity index (χ0n) is 9.95. The number of aromatic nitrogens is 1. The van der Waals surface area contributed by atoms with Crippen molar-refractivity contribution >= 4 is 34.1 Å². The highest BCUT2D eigenvalue weighted by Gasteiger charge is 2.14. The second-order valence-corrected chi connectivity index (χ2v) is 4.94. The molecule has 1 heterocycles. The lowest BCUT2D eigenvalue weighted by molar-refractivity contribution is 1.05. The molecule has 0 unspecified atom stereocenters. The van der Waals surface area contributed by atoms with Crippen LogP contribution in [0, 0.1) is 13.8 Å². The summed E-state index contributed by atoms with van der Waals surface area (Å²) < 4.78 is 0. The van der Waals surface area contributed by atoms with Gasteiger partial charge in [0, 0.05) is 11.3 Å². The molecule has 0 fully saturated rings. The average molecular weight is 270 g/mol. The van der Waals surface area contributed by atoms with Crippen molar-refractivity contribution in [2.45, 2.75) is 27.2 Å². The van der Waals surface area contributed by atoms with E-state index in [9.17, 15) is 4.79 Å². The predicted octanol–water partition coefficient (Wildman–Crippen LogP) is 4.01. The first-order valence-corrected chi connectivity index (χ1v) is 6.23. The van der Waals surface area contributed by atoms with Gasteiger partial charge in [-0.15, -0.1) is 0 Å². The molecular weight excluding hydrogens is 257 g/mol. The van der Waals surface area contributed by atoms with E-state index < -0.39 is 0 Å². The van der Waals surface area contributed by atoms with Gasteiger partial charge in [0.25, 0.3) is 0 Å². The Labute approximate surface area is 110 Å². The SMILES string of the molecule is CCc1c(C)[nH]c2c(Cl)cc(C)c(Cl)c2c1=O. The van der Waals surface area contributed by atoms with E-state index in [1.165, 1.54) is 0 Å². The van der Waals surface area contributed by atoms with Gasteiger partial charge in [0.1, 0.15) is 0 Å². The number of rotatable bonds is 1. The first kappa shape index (κ1) is 12.5. The van der Waals surface area contributed by atoms with Crippen molar-refractivity contribution in [3.8, 4) is 0 Å². The first-order valence-electron chi connectivity index (χ1n) is 5.47. The molecule has 0 amide bonds. The van der Waals surface area contributed by atoms with Crippen molar-refractivity contribution in [3.63, 3.8) is 0 Å². The third kappa shape index (κ3) is 1.85. The summed E-state index contributed by atoms with van der Waals surface area (Å²) in [6.07, 6.45) is 0.680. The summed E-state index contributed by atoms with van der Waals surface area (Å²) in [5.74, 6) is 0. The van der Waals surface area contributed by atoms with Crippen LogP contribution in [0.4, 0.5) is 0 Å². The van der Waals surface area contributed by atoms with E-state index in [2.05, 4.69) is 4.98 Å². The van der Waals surface area contributed by atoms with E-state index in [-0.39, 0.29) is 5.43 Å². The number of nitrogens with one attached hydrogen (secondary N) is 1. The first-order chi connectivity index (χ1) is 7.97. The lowest BCUT2D eigenvalue weighted by Crippen LogP contribution is -2.13. The number of pyridine rings is 1. The van der Waals surface area contributed by atoms with Gasteiger partial charge in [-0.2, -0.15) is 0 Å². The summed E-state index contributed by atoms with van der Waals surface area (Å²) in [6, 6.07) is 1.77. The molecule has 1 aromatic heterocycles. The minimum absolute atomic E-state index is 0.0191. The standard InChI is InChI=1S/C13H13Cl2NO/c1-4-8-7(3)16-12-9(14)5-6(2)11(15)10(12)13(8)17/h5H,4H2,1-3H3,(H,16,17). The summed E-state index contributed by atoms with van der Waals surface area (Å²) >= 11 is 12.4. The van der Waals surface area contributed by atoms with Crippen molar-refractivity contribution in [1.29, 1.82) is 0 Å². The van der Waals surface area contributed by atoms with Crippen molar-refractivity contribution < 1.29 is 0 Å². The largest absolute Gasteiger partial charge is 0.357 e. The number of H-pyrrole nitrogens is 1. The number of halogens is 2. The monoisotopic (exact) mass is 269 g/mol. The summed E-state index contributed by atoms with van der Waals surface area (Å²) in [4.78, 5) is 15.5. The maximum absolute atomic E-state index is 12.3. The van der Waals surface area contributed by atoms with Crippen molar-refractivity contribution in [2.24, 2.45) is 0 Å². The van der Waals surface area contributed by atoms with Crippen LogP contribution in [0.15, 0.2) is 10.9 Å². The van der Waals surface area contributed by atoms with Crippen LogP contribution < -0.4 is 5.43 Å². The molecule has 1 N–H and O–H groups in total. The fourth-order valence-electron chi connectivity index (χ4n) is 2.10. The molecule has 0 radical (unpaired) electrons. The van der Waals surface area contributed by atoms with E-state index in [1.807, 2.05) is 20.8 Å². The normalized spacial score (nSPS) is 11.1. The Morgan fingerprint density at radius 3 is 2.53 bits per heavy atom. The van der Waals surface area contributed by atoms with E-state index in [0.717, 1.165) is 16.8 Å². The van der Waals surface area contributed by atoms with Gasteiger partial charge >= 0.3 is 0 Å². The smallest absolute Gasteiger partial charge is 0.194 e. The van der Waals surface area contributed by atoms with E-state index in [1.54, 1.807) is 6.07 Å². The van der Waals surface area contributed by atoms with Gasteiger partial charge in [-0.1, -0.05) is 30.1 Å². The number of hydrogen-bond donors (Lipinski definition) is 1. The molecule has 0 aliphatic carbocycles. The van der Waals surface area contributed by atoms with Crippen molar-refractivity contribution in [3.05, 3.63) is 43.2 Å². The molecule has 90 valence electrons. The predicted molar refractivity (Wildman–Crippen MR) is 73.4 cm³/mol. The highest BCUT2D eigenvalue weighted by atomic mass is 35.5. The van der Waals surface area contributed by atoms with Gasteiger partial charge in [0.2, 0.25) is 0 Å². The molecule has 0 saturated heterocycles. The molecule has 1 aromatic carbocycles. The van der Waals surface area contributed by atoms with Gasteiger partial charge in [-0.3, -0.25) is 4.79 Å². The number of fused-ring (bicyclic) bond motifs is 1. The van der Waals surface area contributed by atoms with Crippen LogP contribution in [-0.2, 0) is 6.42 Å². The van der Waals surface area contributed by atoms with Crippen LogP contribution in [0.25, 0.3) is 10.9 Å². The topological polar surface area (TPSA) is 32.9 Å². The van der Waals surface area contributed by atoms with Gasteiger partial charge in [-0.05, 0) is 31.9 Å². The summed E-state index contributed by atoms with van der Waals surface area (Å²) in [5.41, 5.74) is 3.05.